The molecule has 0 bridgehead atoms. The van der Waals surface area contributed by atoms with E-state index in [1.807, 2.05) is 0 Å². The molecule has 0 saturated heterocycles. The summed E-state index contributed by atoms with van der Waals surface area (Å²) in [5.41, 5.74) is 5.39. The lowest BCUT2D eigenvalue weighted by atomic mass is 10.2. The van der Waals surface area contributed by atoms with Crippen molar-refractivity contribution in [2.45, 2.75) is 6.92 Å². The predicted molar refractivity (Wildman–Crippen MR) is 48.7 cm³/mol. The minimum absolute atomic E-state index is 0.0810. The zero-order valence-corrected chi connectivity index (χ0v) is 7.43. The Morgan fingerprint density at radius 1 is 1.67 bits per heavy atom. The number of hydrogen-bond donors (Lipinski definition) is 2. The molecule has 0 saturated carbocycles. The average Bonchev–Trinajstić information content (AvgIpc) is 1.85. The summed E-state index contributed by atoms with van der Waals surface area (Å²) < 4.78 is 0. The van der Waals surface area contributed by atoms with E-state index in [2.05, 4.69) is 6.58 Å². The van der Waals surface area contributed by atoms with Crippen LogP contribution in [0.5, 0.6) is 0 Å². The third-order valence-corrected chi connectivity index (χ3v) is 1.43. The van der Waals surface area contributed by atoms with Gasteiger partial charge in [0.05, 0.1) is 10.6 Å². The second-order valence-corrected chi connectivity index (χ2v) is 2.52. The number of aliphatic carboxylic acids is 1. The van der Waals surface area contributed by atoms with Gasteiger partial charge in [0.1, 0.15) is 0 Å². The molecular weight excluding hydrogens is 178 g/mol. The summed E-state index contributed by atoms with van der Waals surface area (Å²) >= 11 is 5.61. The fourth-order valence-electron chi connectivity index (χ4n) is 0.646. The van der Waals surface area contributed by atoms with E-state index in [9.17, 15) is 4.79 Å². The third kappa shape index (κ3) is 2.80. The summed E-state index contributed by atoms with van der Waals surface area (Å²) in [5.74, 6) is -1.14. The molecule has 66 valence electrons. The normalized spacial score (nSPS) is 13.7. The lowest BCUT2D eigenvalue weighted by molar-refractivity contribution is -0.132. The SMILES string of the molecule is C=C/C=C(Cl)\C(C(=O)O)=C(/C)N. The molecule has 0 aromatic heterocycles. The Balaban J connectivity index is 5.04. The van der Waals surface area contributed by atoms with Gasteiger partial charge in [-0.25, -0.2) is 4.79 Å². The van der Waals surface area contributed by atoms with E-state index in [0.29, 0.717) is 0 Å². The minimum Gasteiger partial charge on any atom is -0.478 e. The molecule has 0 aliphatic heterocycles. The lowest BCUT2D eigenvalue weighted by Crippen LogP contribution is -2.08. The highest BCUT2D eigenvalue weighted by molar-refractivity contribution is 6.35. The van der Waals surface area contributed by atoms with Gasteiger partial charge in [0.25, 0.3) is 0 Å². The summed E-state index contributed by atoms with van der Waals surface area (Å²) in [6.07, 6.45) is 2.77. The summed E-state index contributed by atoms with van der Waals surface area (Å²) in [5, 5.41) is 8.72. The zero-order chi connectivity index (χ0) is 9.72. The molecule has 4 heteroatoms. The summed E-state index contributed by atoms with van der Waals surface area (Å²) in [7, 11) is 0. The fraction of sp³-hybridized carbons (Fsp3) is 0.125. The fourth-order valence-corrected chi connectivity index (χ4v) is 0.965. The van der Waals surface area contributed by atoms with Crippen LogP contribution in [0.4, 0.5) is 0 Å². The highest BCUT2D eigenvalue weighted by Gasteiger charge is 2.12. The van der Waals surface area contributed by atoms with Gasteiger partial charge >= 0.3 is 5.97 Å². The van der Waals surface area contributed by atoms with Crippen LogP contribution in [-0.4, -0.2) is 11.1 Å². The van der Waals surface area contributed by atoms with Crippen molar-refractivity contribution in [2.75, 3.05) is 0 Å². The Morgan fingerprint density at radius 2 is 2.17 bits per heavy atom. The van der Waals surface area contributed by atoms with Crippen molar-refractivity contribution in [2.24, 2.45) is 5.73 Å². The summed E-state index contributed by atoms with van der Waals surface area (Å²) in [4.78, 5) is 10.6. The molecule has 0 atom stereocenters. The summed E-state index contributed by atoms with van der Waals surface area (Å²) in [6, 6.07) is 0. The Bertz CT molecular complexity index is 262. The lowest BCUT2D eigenvalue weighted by Gasteiger charge is -2.01. The number of halogens is 1. The van der Waals surface area contributed by atoms with Crippen molar-refractivity contribution < 1.29 is 9.90 Å². The first kappa shape index (κ1) is 10.8. The molecule has 0 aliphatic rings. The number of carbonyl (C=O) groups is 1. The van der Waals surface area contributed by atoms with Crippen LogP contribution in [0.3, 0.4) is 0 Å². The van der Waals surface area contributed by atoms with Crippen molar-refractivity contribution in [1.29, 1.82) is 0 Å². The second kappa shape index (κ2) is 4.62. The first-order valence-electron chi connectivity index (χ1n) is 3.19. The molecule has 0 aromatic carbocycles. The van der Waals surface area contributed by atoms with E-state index in [-0.39, 0.29) is 16.3 Å². The topological polar surface area (TPSA) is 63.3 Å². The van der Waals surface area contributed by atoms with Gasteiger partial charge in [0, 0.05) is 5.70 Å². The van der Waals surface area contributed by atoms with Crippen molar-refractivity contribution in [1.82, 2.24) is 0 Å². The molecule has 0 heterocycles. The minimum atomic E-state index is -1.14. The van der Waals surface area contributed by atoms with Crippen LogP contribution < -0.4 is 5.73 Å². The van der Waals surface area contributed by atoms with Crippen LogP contribution >= 0.6 is 11.6 Å². The van der Waals surface area contributed by atoms with E-state index < -0.39 is 5.97 Å². The molecule has 0 rings (SSSR count). The van der Waals surface area contributed by atoms with E-state index in [1.54, 1.807) is 0 Å². The second-order valence-electron chi connectivity index (χ2n) is 2.11. The van der Waals surface area contributed by atoms with Crippen LogP contribution in [0.15, 0.2) is 35.0 Å². The highest BCUT2D eigenvalue weighted by atomic mass is 35.5. The number of rotatable bonds is 3. The third-order valence-electron chi connectivity index (χ3n) is 1.11. The van der Waals surface area contributed by atoms with Gasteiger partial charge < -0.3 is 10.8 Å². The maximum Gasteiger partial charge on any atom is 0.338 e. The first-order chi connectivity index (χ1) is 5.50. The smallest absolute Gasteiger partial charge is 0.338 e. The molecule has 0 fully saturated rings. The molecule has 0 amide bonds. The van der Waals surface area contributed by atoms with Crippen molar-refractivity contribution in [3.8, 4) is 0 Å². The van der Waals surface area contributed by atoms with Gasteiger partial charge in [-0.2, -0.15) is 0 Å². The molecule has 0 radical (unpaired) electrons. The maximum atomic E-state index is 10.6. The number of carboxylic acid groups (broad SMARTS) is 1. The van der Waals surface area contributed by atoms with Gasteiger partial charge in [0.2, 0.25) is 0 Å². The van der Waals surface area contributed by atoms with E-state index in [1.165, 1.54) is 19.1 Å². The van der Waals surface area contributed by atoms with Gasteiger partial charge in [0.15, 0.2) is 0 Å². The molecule has 3 nitrogen and oxygen atoms in total. The molecule has 0 spiro atoms. The molecule has 0 unspecified atom stereocenters. The van der Waals surface area contributed by atoms with Crippen LogP contribution in [-0.2, 0) is 4.79 Å². The van der Waals surface area contributed by atoms with Crippen molar-refractivity contribution >= 4 is 17.6 Å². The van der Waals surface area contributed by atoms with Gasteiger partial charge in [-0.1, -0.05) is 24.3 Å². The van der Waals surface area contributed by atoms with E-state index >= 15 is 0 Å². The average molecular weight is 188 g/mol. The van der Waals surface area contributed by atoms with E-state index in [0.717, 1.165) is 0 Å². The first-order valence-corrected chi connectivity index (χ1v) is 3.56. The predicted octanol–water partition coefficient (Wildman–Crippen LogP) is 1.61. The van der Waals surface area contributed by atoms with Crippen LogP contribution in [0.1, 0.15) is 6.92 Å². The zero-order valence-electron chi connectivity index (χ0n) is 6.67. The number of nitrogens with two attached hydrogens (primary N) is 1. The van der Waals surface area contributed by atoms with Crippen molar-refractivity contribution in [3.05, 3.63) is 35.0 Å². The van der Waals surface area contributed by atoms with Crippen molar-refractivity contribution in [3.63, 3.8) is 0 Å². The number of carboxylic acids is 1. The highest BCUT2D eigenvalue weighted by Crippen LogP contribution is 2.16. The quantitative estimate of drug-likeness (QED) is 0.521. The van der Waals surface area contributed by atoms with Gasteiger partial charge in [-0.3, -0.25) is 0 Å². The number of allylic oxidation sites excluding steroid dienone is 3. The molecule has 0 aliphatic carbocycles. The molecule has 0 aromatic rings. The van der Waals surface area contributed by atoms with Gasteiger partial charge in [-0.05, 0) is 13.0 Å². The monoisotopic (exact) mass is 187 g/mol. The largest absolute Gasteiger partial charge is 0.478 e. The van der Waals surface area contributed by atoms with Crippen LogP contribution in [0.2, 0.25) is 0 Å². The van der Waals surface area contributed by atoms with Gasteiger partial charge in [-0.15, -0.1) is 0 Å². The van der Waals surface area contributed by atoms with E-state index in [4.69, 9.17) is 22.4 Å². The molecule has 12 heavy (non-hydrogen) atoms. The van der Waals surface area contributed by atoms with Crippen LogP contribution in [0.25, 0.3) is 0 Å². The molecule has 3 N–H and O–H groups in total. The molecular formula is C8H10ClNO2. The maximum absolute atomic E-state index is 10.6. The standard InChI is InChI=1S/C8H10ClNO2/c1-3-4-6(9)7(5(2)10)8(11)12/h3-4H,1,10H2,2H3,(H,11,12)/b6-4+,7-5-. The Morgan fingerprint density at radius 3 is 2.42 bits per heavy atom. The Kier molecular flexibility index (Phi) is 4.15. The summed E-state index contributed by atoms with van der Waals surface area (Å²) in [6.45, 7) is 4.86. The number of hydrogen-bond acceptors (Lipinski definition) is 2. The van der Waals surface area contributed by atoms with Crippen LogP contribution in [0, 0.1) is 0 Å². The Hall–Kier alpha value is -1.22. The Labute approximate surface area is 75.8 Å².